The molecule has 1 aliphatic carbocycles. The monoisotopic (exact) mass is 654 g/mol. The van der Waals surface area contributed by atoms with Crippen LogP contribution in [0.4, 0.5) is 0 Å². The lowest BCUT2D eigenvalue weighted by atomic mass is 9.73. The van der Waals surface area contributed by atoms with Gasteiger partial charge in [0.05, 0.1) is 11.4 Å². The second-order valence-electron chi connectivity index (χ2n) is 13.6. The fraction of sp³-hybridized carbons (Fsp3) is 0.102. The third-order valence-electron chi connectivity index (χ3n) is 11.0. The molecule has 8 aromatic rings. The van der Waals surface area contributed by atoms with Gasteiger partial charge in [0.15, 0.2) is 5.82 Å². The third kappa shape index (κ3) is 5.18. The van der Waals surface area contributed by atoms with Gasteiger partial charge in [0.1, 0.15) is 0 Å². The molecule has 0 N–H and O–H groups in total. The highest BCUT2D eigenvalue weighted by molar-refractivity contribution is 6.05. The van der Waals surface area contributed by atoms with Crippen LogP contribution in [0.1, 0.15) is 37.8 Å². The molecule has 0 atom stereocenters. The van der Waals surface area contributed by atoms with Gasteiger partial charge in [0, 0.05) is 22.1 Å². The van der Waals surface area contributed by atoms with E-state index in [4.69, 9.17) is 9.97 Å². The van der Waals surface area contributed by atoms with E-state index < -0.39 is 0 Å². The van der Waals surface area contributed by atoms with Gasteiger partial charge in [-0.05, 0) is 80.3 Å². The fourth-order valence-electron chi connectivity index (χ4n) is 8.32. The summed E-state index contributed by atoms with van der Waals surface area (Å²) in [5.74, 6) is 0.719. The summed E-state index contributed by atoms with van der Waals surface area (Å²) < 4.78 is 0. The Labute approximate surface area is 300 Å². The van der Waals surface area contributed by atoms with Gasteiger partial charge in [0.2, 0.25) is 0 Å². The molecule has 0 amide bonds. The van der Waals surface area contributed by atoms with Crippen LogP contribution in [0.25, 0.3) is 78.1 Å². The van der Waals surface area contributed by atoms with Crippen LogP contribution in [0.5, 0.6) is 0 Å². The maximum atomic E-state index is 5.22. The summed E-state index contributed by atoms with van der Waals surface area (Å²) in [6.07, 6.45) is 2.15. The lowest BCUT2D eigenvalue weighted by molar-refractivity contribution is 0.490. The quantitative estimate of drug-likeness (QED) is 0.171. The topological polar surface area (TPSA) is 25.8 Å². The Balaban J connectivity index is 1.18. The number of hydrogen-bond donors (Lipinski definition) is 0. The SMILES string of the molecule is CCC1(CC)c2ccccc2-c2ccc(-c3ccc(-c4cc(-c5ccc(-c6ccccc6)cc5)nc(-c5ccccc5)n4)c4ccccc34)cc21. The van der Waals surface area contributed by atoms with Gasteiger partial charge < -0.3 is 0 Å². The first-order chi connectivity index (χ1) is 25.2. The molecule has 2 heteroatoms. The van der Waals surface area contributed by atoms with Crippen molar-refractivity contribution in [2.75, 3.05) is 0 Å². The minimum Gasteiger partial charge on any atom is -0.228 e. The Kier molecular flexibility index (Phi) is 7.66. The number of fused-ring (bicyclic) bond motifs is 4. The van der Waals surface area contributed by atoms with E-state index in [-0.39, 0.29) is 5.41 Å². The van der Waals surface area contributed by atoms with E-state index in [2.05, 4.69) is 166 Å². The highest BCUT2D eigenvalue weighted by atomic mass is 14.9. The molecule has 0 spiro atoms. The third-order valence-corrected chi connectivity index (χ3v) is 11.0. The zero-order valence-corrected chi connectivity index (χ0v) is 29.0. The molecule has 0 radical (unpaired) electrons. The second kappa shape index (κ2) is 12.6. The minimum atomic E-state index is 0.0299. The van der Waals surface area contributed by atoms with Crippen molar-refractivity contribution in [3.63, 3.8) is 0 Å². The molecule has 0 aliphatic heterocycles. The average molecular weight is 655 g/mol. The Morgan fingerprint density at radius 3 is 1.61 bits per heavy atom. The van der Waals surface area contributed by atoms with Crippen molar-refractivity contribution in [3.05, 3.63) is 181 Å². The molecular formula is C49H38N2. The molecule has 1 heterocycles. The molecule has 0 unspecified atom stereocenters. The van der Waals surface area contributed by atoms with Crippen LogP contribution in [-0.2, 0) is 5.41 Å². The molecule has 1 aliphatic rings. The van der Waals surface area contributed by atoms with Crippen LogP contribution in [0.2, 0.25) is 0 Å². The molecule has 244 valence electrons. The smallest absolute Gasteiger partial charge is 0.160 e. The Hall–Kier alpha value is -6.12. The predicted octanol–water partition coefficient (Wildman–Crippen LogP) is 13.1. The van der Waals surface area contributed by atoms with Crippen molar-refractivity contribution in [2.24, 2.45) is 0 Å². The molecule has 0 fully saturated rings. The summed E-state index contributed by atoms with van der Waals surface area (Å²) in [4.78, 5) is 10.3. The lowest BCUT2D eigenvalue weighted by Crippen LogP contribution is -2.23. The van der Waals surface area contributed by atoms with Gasteiger partial charge >= 0.3 is 0 Å². The first kappa shape index (κ1) is 30.9. The molecular weight excluding hydrogens is 617 g/mol. The van der Waals surface area contributed by atoms with Crippen LogP contribution in [-0.4, -0.2) is 9.97 Å². The molecule has 2 nitrogen and oxygen atoms in total. The van der Waals surface area contributed by atoms with E-state index in [0.717, 1.165) is 46.7 Å². The maximum Gasteiger partial charge on any atom is 0.160 e. The van der Waals surface area contributed by atoms with E-state index in [1.54, 1.807) is 0 Å². The van der Waals surface area contributed by atoms with E-state index in [0.29, 0.717) is 0 Å². The number of rotatable bonds is 7. The Morgan fingerprint density at radius 2 is 0.882 bits per heavy atom. The van der Waals surface area contributed by atoms with Crippen LogP contribution >= 0.6 is 0 Å². The van der Waals surface area contributed by atoms with Gasteiger partial charge in [-0.3, -0.25) is 0 Å². The molecule has 0 saturated carbocycles. The zero-order valence-electron chi connectivity index (χ0n) is 29.0. The van der Waals surface area contributed by atoms with Crippen molar-refractivity contribution in [3.8, 4) is 67.3 Å². The van der Waals surface area contributed by atoms with Crippen LogP contribution < -0.4 is 0 Å². The number of benzene rings is 7. The van der Waals surface area contributed by atoms with Gasteiger partial charge in [-0.2, -0.15) is 0 Å². The predicted molar refractivity (Wildman–Crippen MR) is 214 cm³/mol. The van der Waals surface area contributed by atoms with Crippen molar-refractivity contribution in [2.45, 2.75) is 32.1 Å². The maximum absolute atomic E-state index is 5.22. The van der Waals surface area contributed by atoms with Crippen molar-refractivity contribution in [1.29, 1.82) is 0 Å². The second-order valence-corrected chi connectivity index (χ2v) is 13.6. The van der Waals surface area contributed by atoms with Gasteiger partial charge in [0.25, 0.3) is 0 Å². The molecule has 7 aromatic carbocycles. The highest BCUT2D eigenvalue weighted by Gasteiger charge is 2.40. The summed E-state index contributed by atoms with van der Waals surface area (Å²) in [6, 6.07) is 61.1. The summed E-state index contributed by atoms with van der Waals surface area (Å²) in [6.45, 7) is 4.67. The van der Waals surface area contributed by atoms with E-state index in [1.165, 1.54) is 55.3 Å². The van der Waals surface area contributed by atoms with E-state index in [9.17, 15) is 0 Å². The first-order valence-electron chi connectivity index (χ1n) is 18.0. The minimum absolute atomic E-state index is 0.0299. The van der Waals surface area contributed by atoms with E-state index in [1.807, 2.05) is 18.2 Å². The van der Waals surface area contributed by atoms with Crippen molar-refractivity contribution >= 4 is 10.8 Å². The number of nitrogens with zero attached hydrogens (tertiary/aromatic N) is 2. The molecule has 1 aromatic heterocycles. The zero-order chi connectivity index (χ0) is 34.4. The summed E-state index contributed by atoms with van der Waals surface area (Å²) in [5.41, 5.74) is 15.5. The summed E-state index contributed by atoms with van der Waals surface area (Å²) in [7, 11) is 0. The Morgan fingerprint density at radius 1 is 0.373 bits per heavy atom. The van der Waals surface area contributed by atoms with Crippen LogP contribution in [0.3, 0.4) is 0 Å². The van der Waals surface area contributed by atoms with Crippen molar-refractivity contribution in [1.82, 2.24) is 9.97 Å². The average Bonchev–Trinajstić information content (AvgIpc) is 3.50. The van der Waals surface area contributed by atoms with Gasteiger partial charge in [-0.1, -0.05) is 172 Å². The molecule has 9 rings (SSSR count). The molecule has 0 saturated heterocycles. The number of aromatic nitrogens is 2. The first-order valence-corrected chi connectivity index (χ1v) is 18.0. The number of hydrogen-bond acceptors (Lipinski definition) is 2. The molecule has 51 heavy (non-hydrogen) atoms. The van der Waals surface area contributed by atoms with Crippen molar-refractivity contribution < 1.29 is 0 Å². The normalized spacial score (nSPS) is 12.8. The standard InChI is InChI=1S/C49H38N2/c1-3-49(4-2)44-22-14-13-21-41(44)42-28-27-37(31-45(42)49)38-29-30-43(40-20-12-11-19-39(38)40)47-32-46(50-48(51-47)36-17-9-6-10-18-36)35-25-23-34(24-26-35)33-15-7-5-8-16-33/h5-32H,3-4H2,1-2H3. The molecule has 0 bridgehead atoms. The lowest BCUT2D eigenvalue weighted by Gasteiger charge is -2.30. The van der Waals surface area contributed by atoms with Crippen LogP contribution in [0, 0.1) is 0 Å². The Bertz CT molecular complexity index is 2530. The highest BCUT2D eigenvalue weighted by Crippen LogP contribution is 2.53. The van der Waals surface area contributed by atoms with Crippen LogP contribution in [0.15, 0.2) is 170 Å². The van der Waals surface area contributed by atoms with E-state index >= 15 is 0 Å². The van der Waals surface area contributed by atoms with Gasteiger partial charge in [-0.25, -0.2) is 9.97 Å². The summed E-state index contributed by atoms with van der Waals surface area (Å²) in [5, 5.41) is 2.40. The summed E-state index contributed by atoms with van der Waals surface area (Å²) >= 11 is 0. The van der Waals surface area contributed by atoms with Gasteiger partial charge in [-0.15, -0.1) is 0 Å². The fourth-order valence-corrected chi connectivity index (χ4v) is 8.32. The largest absolute Gasteiger partial charge is 0.228 e.